The summed E-state index contributed by atoms with van der Waals surface area (Å²) in [5, 5.41) is 13.8. The summed E-state index contributed by atoms with van der Waals surface area (Å²) < 4.78 is 5.14. The number of fused-ring (bicyclic) bond motifs is 1. The number of carbonyl (C=O) groups is 1. The van der Waals surface area contributed by atoms with Crippen LogP contribution in [0.2, 0.25) is 0 Å². The number of hydrogen-bond acceptors (Lipinski definition) is 5. The third-order valence-corrected chi connectivity index (χ3v) is 4.56. The lowest BCUT2D eigenvalue weighted by molar-refractivity contribution is -0.384. The van der Waals surface area contributed by atoms with E-state index < -0.39 is 4.92 Å². The maximum Gasteiger partial charge on any atom is 0.270 e. The predicted octanol–water partition coefficient (Wildman–Crippen LogP) is 2.39. The van der Waals surface area contributed by atoms with Gasteiger partial charge >= 0.3 is 0 Å². The highest BCUT2D eigenvalue weighted by Crippen LogP contribution is 2.24. The second kappa shape index (κ2) is 7.97. The van der Waals surface area contributed by atoms with Crippen molar-refractivity contribution in [3.05, 3.63) is 69.3 Å². The number of hydrogen-bond donors (Lipinski definition) is 1. The Morgan fingerprint density at radius 3 is 2.77 bits per heavy atom. The van der Waals surface area contributed by atoms with Gasteiger partial charge in [-0.3, -0.25) is 19.8 Å². The zero-order valence-electron chi connectivity index (χ0n) is 14.6. The van der Waals surface area contributed by atoms with Crippen LogP contribution < -0.4 is 10.1 Å². The molecule has 0 saturated carbocycles. The Morgan fingerprint density at radius 1 is 1.27 bits per heavy atom. The van der Waals surface area contributed by atoms with Crippen LogP contribution in [0, 0.1) is 10.1 Å². The fourth-order valence-corrected chi connectivity index (χ4v) is 3.15. The molecule has 0 radical (unpaired) electrons. The molecule has 2 aromatic carbocycles. The highest BCUT2D eigenvalue weighted by molar-refractivity contribution is 5.97. The maximum absolute atomic E-state index is 12.4. The molecular formula is C19H21N3O4. The van der Waals surface area contributed by atoms with Crippen LogP contribution in [0.5, 0.6) is 5.75 Å². The minimum absolute atomic E-state index is 0.136. The number of nitrogens with zero attached hydrogens (tertiary/aromatic N) is 2. The number of carbonyl (C=O) groups excluding carboxylic acids is 1. The monoisotopic (exact) mass is 355 g/mol. The molecule has 0 spiro atoms. The molecule has 1 aliphatic rings. The van der Waals surface area contributed by atoms with Crippen LogP contribution in [0.25, 0.3) is 0 Å². The van der Waals surface area contributed by atoms with Gasteiger partial charge in [0.2, 0.25) is 0 Å². The van der Waals surface area contributed by atoms with Crippen LogP contribution in [0.15, 0.2) is 42.5 Å². The number of amides is 1. The lowest BCUT2D eigenvalue weighted by Gasteiger charge is -2.28. The summed E-state index contributed by atoms with van der Waals surface area (Å²) in [6, 6.07) is 12.4. The Morgan fingerprint density at radius 2 is 2.04 bits per heavy atom. The molecule has 1 aliphatic heterocycles. The van der Waals surface area contributed by atoms with Gasteiger partial charge in [-0.25, -0.2) is 0 Å². The lowest BCUT2D eigenvalue weighted by Crippen LogP contribution is -2.37. The second-order valence-electron chi connectivity index (χ2n) is 6.19. The highest BCUT2D eigenvalue weighted by Gasteiger charge is 2.19. The van der Waals surface area contributed by atoms with Crippen molar-refractivity contribution in [2.24, 2.45) is 0 Å². The van der Waals surface area contributed by atoms with Gasteiger partial charge in [0.1, 0.15) is 5.75 Å². The predicted molar refractivity (Wildman–Crippen MR) is 97.4 cm³/mol. The molecule has 0 unspecified atom stereocenters. The molecule has 3 rings (SSSR count). The first kappa shape index (κ1) is 17.9. The molecule has 0 atom stereocenters. The number of ether oxygens (including phenoxy) is 1. The van der Waals surface area contributed by atoms with Gasteiger partial charge in [-0.15, -0.1) is 0 Å². The fraction of sp³-hybridized carbons (Fsp3) is 0.316. The summed E-state index contributed by atoms with van der Waals surface area (Å²) in [7, 11) is 1.43. The molecule has 0 saturated heterocycles. The first-order valence-corrected chi connectivity index (χ1v) is 8.48. The summed E-state index contributed by atoms with van der Waals surface area (Å²) in [5.74, 6) is -0.0528. The van der Waals surface area contributed by atoms with Crippen molar-refractivity contribution in [1.29, 1.82) is 0 Å². The topological polar surface area (TPSA) is 84.7 Å². The third kappa shape index (κ3) is 4.00. The van der Waals surface area contributed by atoms with Crippen LogP contribution in [-0.4, -0.2) is 42.5 Å². The van der Waals surface area contributed by atoms with Crippen molar-refractivity contribution < 1.29 is 14.5 Å². The summed E-state index contributed by atoms with van der Waals surface area (Å²) in [6.07, 6.45) is 1.00. The minimum atomic E-state index is -0.526. The summed E-state index contributed by atoms with van der Waals surface area (Å²) >= 11 is 0. The van der Waals surface area contributed by atoms with Crippen LogP contribution in [0.1, 0.15) is 21.5 Å². The van der Waals surface area contributed by atoms with E-state index in [9.17, 15) is 14.9 Å². The Hall–Kier alpha value is -2.93. The van der Waals surface area contributed by atoms with E-state index in [-0.39, 0.29) is 17.2 Å². The van der Waals surface area contributed by atoms with Gasteiger partial charge in [-0.1, -0.05) is 24.3 Å². The number of non-ortho nitro benzene ring substituents is 1. The first-order valence-electron chi connectivity index (χ1n) is 8.48. The van der Waals surface area contributed by atoms with Gasteiger partial charge in [0, 0.05) is 38.3 Å². The summed E-state index contributed by atoms with van der Waals surface area (Å²) in [4.78, 5) is 25.1. The van der Waals surface area contributed by atoms with E-state index in [0.717, 1.165) is 26.1 Å². The van der Waals surface area contributed by atoms with E-state index in [1.54, 1.807) is 0 Å². The van der Waals surface area contributed by atoms with E-state index in [2.05, 4.69) is 28.4 Å². The largest absolute Gasteiger partial charge is 0.496 e. The Labute approximate surface area is 151 Å². The highest BCUT2D eigenvalue weighted by atomic mass is 16.6. The zero-order valence-corrected chi connectivity index (χ0v) is 14.6. The van der Waals surface area contributed by atoms with E-state index in [1.807, 2.05) is 6.07 Å². The van der Waals surface area contributed by atoms with Crippen LogP contribution in [0.4, 0.5) is 5.69 Å². The SMILES string of the molecule is COc1ccc([N+](=O)[O-])cc1C(=O)NCCN1CCc2ccccc2C1. The number of rotatable bonds is 6. The molecule has 7 heteroatoms. The van der Waals surface area contributed by atoms with Crippen LogP contribution in [0.3, 0.4) is 0 Å². The Bertz CT molecular complexity index is 822. The van der Waals surface area contributed by atoms with Gasteiger partial charge in [0.05, 0.1) is 17.6 Å². The van der Waals surface area contributed by atoms with Gasteiger partial charge in [0.15, 0.2) is 0 Å². The maximum atomic E-state index is 12.4. The first-order chi connectivity index (χ1) is 12.6. The van der Waals surface area contributed by atoms with Gasteiger partial charge in [0.25, 0.3) is 11.6 Å². The van der Waals surface area contributed by atoms with Gasteiger partial charge in [-0.2, -0.15) is 0 Å². The normalized spacial score (nSPS) is 13.7. The smallest absolute Gasteiger partial charge is 0.270 e. The van der Waals surface area contributed by atoms with Crippen LogP contribution >= 0.6 is 0 Å². The molecular weight excluding hydrogens is 334 g/mol. The summed E-state index contributed by atoms with van der Waals surface area (Å²) in [5.41, 5.74) is 2.74. The van der Waals surface area contributed by atoms with E-state index in [1.165, 1.54) is 36.4 Å². The second-order valence-corrected chi connectivity index (χ2v) is 6.19. The number of benzene rings is 2. The van der Waals surface area contributed by atoms with E-state index >= 15 is 0 Å². The van der Waals surface area contributed by atoms with Crippen molar-refractivity contribution in [1.82, 2.24) is 10.2 Å². The molecule has 136 valence electrons. The standard InChI is InChI=1S/C19H21N3O4/c1-26-18-7-6-16(22(24)25)12-17(18)19(23)20-9-11-21-10-8-14-4-2-3-5-15(14)13-21/h2-7,12H,8-11,13H2,1H3,(H,20,23). The molecule has 0 fully saturated rings. The number of nitrogens with one attached hydrogen (secondary N) is 1. The molecule has 26 heavy (non-hydrogen) atoms. The van der Waals surface area contributed by atoms with E-state index in [0.29, 0.717) is 12.3 Å². The number of nitro benzene ring substituents is 1. The zero-order chi connectivity index (χ0) is 18.5. The van der Waals surface area contributed by atoms with E-state index in [4.69, 9.17) is 4.74 Å². The number of methoxy groups -OCH3 is 1. The van der Waals surface area contributed by atoms with Crippen molar-refractivity contribution >= 4 is 11.6 Å². The Kier molecular flexibility index (Phi) is 5.48. The molecule has 0 bridgehead atoms. The average Bonchev–Trinajstić information content (AvgIpc) is 2.67. The van der Waals surface area contributed by atoms with Crippen molar-refractivity contribution in [2.75, 3.05) is 26.7 Å². The molecule has 7 nitrogen and oxygen atoms in total. The molecule has 0 aromatic heterocycles. The lowest BCUT2D eigenvalue weighted by atomic mass is 10.00. The molecule has 2 aromatic rings. The third-order valence-electron chi connectivity index (χ3n) is 4.56. The van der Waals surface area contributed by atoms with Crippen molar-refractivity contribution in [2.45, 2.75) is 13.0 Å². The molecule has 1 heterocycles. The van der Waals surface area contributed by atoms with Crippen molar-refractivity contribution in [3.8, 4) is 5.75 Å². The molecule has 1 N–H and O–H groups in total. The van der Waals surface area contributed by atoms with Gasteiger partial charge in [-0.05, 0) is 23.6 Å². The average molecular weight is 355 g/mol. The van der Waals surface area contributed by atoms with Gasteiger partial charge < -0.3 is 10.1 Å². The fourth-order valence-electron chi connectivity index (χ4n) is 3.15. The molecule has 0 aliphatic carbocycles. The van der Waals surface area contributed by atoms with Crippen LogP contribution in [-0.2, 0) is 13.0 Å². The molecule has 1 amide bonds. The number of nitro groups is 1. The van der Waals surface area contributed by atoms with Crippen molar-refractivity contribution in [3.63, 3.8) is 0 Å². The Balaban J connectivity index is 1.58. The minimum Gasteiger partial charge on any atom is -0.496 e. The quantitative estimate of drug-likeness (QED) is 0.635. The summed E-state index contributed by atoms with van der Waals surface area (Å²) in [6.45, 7) is 3.00.